The highest BCUT2D eigenvalue weighted by atomic mass is 32.2. The summed E-state index contributed by atoms with van der Waals surface area (Å²) < 4.78 is 49.4. The first kappa shape index (κ1) is 11.3. The fourth-order valence-corrected chi connectivity index (χ4v) is 5.18. The molecule has 1 aliphatic heterocycles. The highest BCUT2D eigenvalue weighted by Gasteiger charge is 2.51. The molecule has 0 radical (unpaired) electrons. The molecule has 6 heteroatoms. The minimum atomic E-state index is -3.12. The van der Waals surface area contributed by atoms with Crippen LogP contribution in [-0.2, 0) is 9.84 Å². The van der Waals surface area contributed by atoms with Gasteiger partial charge in [0.1, 0.15) is 0 Å². The van der Waals surface area contributed by atoms with Crippen LogP contribution >= 0.6 is 0 Å². The molecule has 2 aliphatic rings. The topological polar surface area (TPSA) is 60.2 Å². The molecule has 1 aliphatic carbocycles. The number of hydrogen-bond donors (Lipinski definition) is 1. The molecule has 1 saturated carbocycles. The van der Waals surface area contributed by atoms with Gasteiger partial charge in [0.05, 0.1) is 11.5 Å². The average Bonchev–Trinajstić information content (AvgIpc) is 1.97. The zero-order valence-corrected chi connectivity index (χ0v) is 9.14. The highest BCUT2D eigenvalue weighted by molar-refractivity contribution is 7.91. The molecule has 3 nitrogen and oxygen atoms in total. The van der Waals surface area contributed by atoms with Crippen molar-refractivity contribution in [2.24, 2.45) is 23.5 Å². The Kier molecular flexibility index (Phi) is 2.54. The van der Waals surface area contributed by atoms with Crippen LogP contribution in [0.15, 0.2) is 0 Å². The minimum Gasteiger partial charge on any atom is -0.330 e. The maximum absolute atomic E-state index is 13.3. The number of sulfone groups is 1. The number of halogens is 2. The first-order chi connectivity index (χ1) is 6.83. The van der Waals surface area contributed by atoms with Gasteiger partial charge in [-0.05, 0) is 24.3 Å². The van der Waals surface area contributed by atoms with E-state index in [1.165, 1.54) is 0 Å². The minimum absolute atomic E-state index is 0.0341. The number of nitrogens with two attached hydrogens (primary N) is 1. The van der Waals surface area contributed by atoms with Gasteiger partial charge in [0.25, 0.3) is 0 Å². The molecule has 2 unspecified atom stereocenters. The van der Waals surface area contributed by atoms with Crippen LogP contribution < -0.4 is 5.73 Å². The average molecular weight is 239 g/mol. The molecule has 0 amide bonds. The van der Waals surface area contributed by atoms with E-state index in [4.69, 9.17) is 5.73 Å². The van der Waals surface area contributed by atoms with Crippen LogP contribution in [-0.4, -0.2) is 32.4 Å². The summed E-state index contributed by atoms with van der Waals surface area (Å²) in [6.07, 6.45) is -0.630. The second-order valence-electron chi connectivity index (χ2n) is 4.76. The maximum atomic E-state index is 13.3. The van der Waals surface area contributed by atoms with E-state index in [0.29, 0.717) is 6.54 Å². The van der Waals surface area contributed by atoms with Crippen LogP contribution in [0.25, 0.3) is 0 Å². The van der Waals surface area contributed by atoms with Gasteiger partial charge in [-0.1, -0.05) is 0 Å². The number of alkyl halides is 2. The third-order valence-electron chi connectivity index (χ3n) is 3.54. The summed E-state index contributed by atoms with van der Waals surface area (Å²) >= 11 is 0. The largest absolute Gasteiger partial charge is 0.330 e. The predicted octanol–water partition coefficient (Wildman–Crippen LogP) is 0.651. The molecule has 0 aromatic heterocycles. The van der Waals surface area contributed by atoms with Crippen molar-refractivity contribution in [1.29, 1.82) is 0 Å². The van der Waals surface area contributed by atoms with Gasteiger partial charge in [-0.3, -0.25) is 0 Å². The number of rotatable bonds is 1. The monoisotopic (exact) mass is 239 g/mol. The second-order valence-corrected chi connectivity index (χ2v) is 6.91. The standard InChI is InChI=1S/C9H15F2NO2S/c10-9(11)1-6-4-15(13,14)5-7(2-9)8(6)3-12/h6-8H,1-5,12H2. The quantitative estimate of drug-likeness (QED) is 0.731. The summed E-state index contributed by atoms with van der Waals surface area (Å²) in [5.74, 6) is -3.84. The first-order valence-corrected chi connectivity index (χ1v) is 6.93. The molecular weight excluding hydrogens is 224 g/mol. The van der Waals surface area contributed by atoms with Crippen molar-refractivity contribution in [2.75, 3.05) is 18.1 Å². The summed E-state index contributed by atoms with van der Waals surface area (Å²) in [4.78, 5) is 0. The summed E-state index contributed by atoms with van der Waals surface area (Å²) in [6, 6.07) is 0. The number of fused-ring (bicyclic) bond motifs is 2. The van der Waals surface area contributed by atoms with E-state index < -0.39 is 27.6 Å². The Morgan fingerprint density at radius 1 is 1.20 bits per heavy atom. The zero-order chi connectivity index (χ0) is 11.3. The lowest BCUT2D eigenvalue weighted by Crippen LogP contribution is -2.51. The van der Waals surface area contributed by atoms with Gasteiger partial charge in [0.2, 0.25) is 5.92 Å². The first-order valence-electron chi connectivity index (χ1n) is 5.11. The Morgan fingerprint density at radius 3 is 2.07 bits per heavy atom. The Balaban J connectivity index is 2.27. The molecule has 2 fully saturated rings. The highest BCUT2D eigenvalue weighted by Crippen LogP contribution is 2.47. The Hall–Kier alpha value is -0.230. The second kappa shape index (κ2) is 3.38. The van der Waals surface area contributed by atoms with E-state index in [1.54, 1.807) is 0 Å². The molecule has 2 atom stereocenters. The Bertz CT molecular complexity index is 331. The van der Waals surface area contributed by atoms with E-state index in [1.807, 2.05) is 0 Å². The number of hydrogen-bond acceptors (Lipinski definition) is 3. The van der Waals surface area contributed by atoms with Crippen LogP contribution in [0.2, 0.25) is 0 Å². The van der Waals surface area contributed by atoms with Crippen molar-refractivity contribution < 1.29 is 17.2 Å². The van der Waals surface area contributed by atoms with Crippen molar-refractivity contribution in [3.05, 3.63) is 0 Å². The van der Waals surface area contributed by atoms with Crippen molar-refractivity contribution in [3.8, 4) is 0 Å². The SMILES string of the molecule is NCC1C2CC(F)(F)CC1CS(=O)(=O)C2. The summed E-state index contributed by atoms with van der Waals surface area (Å²) in [5.41, 5.74) is 5.53. The molecule has 1 heterocycles. The molecule has 2 rings (SSSR count). The van der Waals surface area contributed by atoms with E-state index >= 15 is 0 Å². The smallest absolute Gasteiger partial charge is 0.248 e. The van der Waals surface area contributed by atoms with Crippen LogP contribution in [0.1, 0.15) is 12.8 Å². The van der Waals surface area contributed by atoms with Gasteiger partial charge < -0.3 is 5.73 Å². The normalized spacial score (nSPS) is 42.5. The van der Waals surface area contributed by atoms with Gasteiger partial charge >= 0.3 is 0 Å². The van der Waals surface area contributed by atoms with Crippen molar-refractivity contribution in [1.82, 2.24) is 0 Å². The Labute approximate surface area is 87.9 Å². The van der Waals surface area contributed by atoms with Gasteiger partial charge in [0.15, 0.2) is 9.84 Å². The lowest BCUT2D eigenvalue weighted by molar-refractivity contribution is -0.0868. The van der Waals surface area contributed by atoms with Crippen molar-refractivity contribution >= 4 is 9.84 Å². The third-order valence-corrected chi connectivity index (χ3v) is 5.41. The van der Waals surface area contributed by atoms with Crippen LogP contribution in [0, 0.1) is 17.8 Å². The van der Waals surface area contributed by atoms with E-state index in [9.17, 15) is 17.2 Å². The van der Waals surface area contributed by atoms with Crippen molar-refractivity contribution in [3.63, 3.8) is 0 Å². The molecule has 2 N–H and O–H groups in total. The molecule has 1 saturated heterocycles. The van der Waals surface area contributed by atoms with E-state index in [2.05, 4.69) is 0 Å². The summed E-state index contributed by atoms with van der Waals surface area (Å²) in [6.45, 7) is 0.320. The van der Waals surface area contributed by atoms with Gasteiger partial charge in [-0.15, -0.1) is 0 Å². The van der Waals surface area contributed by atoms with Crippen LogP contribution in [0.4, 0.5) is 8.78 Å². The Morgan fingerprint density at radius 2 is 1.67 bits per heavy atom. The van der Waals surface area contributed by atoms with E-state index in [-0.39, 0.29) is 30.3 Å². The fourth-order valence-electron chi connectivity index (χ4n) is 3.01. The molecule has 2 bridgehead atoms. The lowest BCUT2D eigenvalue weighted by Gasteiger charge is -2.44. The van der Waals surface area contributed by atoms with Gasteiger partial charge in [-0.25, -0.2) is 17.2 Å². The third kappa shape index (κ3) is 2.15. The molecule has 0 aromatic rings. The van der Waals surface area contributed by atoms with Gasteiger partial charge in [-0.2, -0.15) is 0 Å². The van der Waals surface area contributed by atoms with Crippen LogP contribution in [0.5, 0.6) is 0 Å². The lowest BCUT2D eigenvalue weighted by atomic mass is 9.71. The molecule has 88 valence electrons. The molecular formula is C9H15F2NO2S. The van der Waals surface area contributed by atoms with E-state index in [0.717, 1.165) is 0 Å². The van der Waals surface area contributed by atoms with Crippen molar-refractivity contribution in [2.45, 2.75) is 18.8 Å². The molecule has 0 aromatic carbocycles. The van der Waals surface area contributed by atoms with Crippen LogP contribution in [0.3, 0.4) is 0 Å². The zero-order valence-electron chi connectivity index (χ0n) is 8.33. The van der Waals surface area contributed by atoms with Gasteiger partial charge in [0, 0.05) is 12.8 Å². The predicted molar refractivity (Wildman–Crippen MR) is 52.4 cm³/mol. The summed E-state index contributed by atoms with van der Waals surface area (Å²) in [7, 11) is -3.12. The summed E-state index contributed by atoms with van der Waals surface area (Å²) in [5, 5.41) is 0. The molecule has 0 spiro atoms. The maximum Gasteiger partial charge on any atom is 0.248 e. The fraction of sp³-hybridized carbons (Fsp3) is 1.00. The molecule has 15 heavy (non-hydrogen) atoms.